The molecule has 2 rings (SSSR count). The fourth-order valence-corrected chi connectivity index (χ4v) is 2.66. The van der Waals surface area contributed by atoms with Crippen LogP contribution in [-0.2, 0) is 0 Å². The van der Waals surface area contributed by atoms with Crippen LogP contribution < -0.4 is 10.6 Å². The summed E-state index contributed by atoms with van der Waals surface area (Å²) >= 11 is 0. The number of halogens is 2. The van der Waals surface area contributed by atoms with Crippen molar-refractivity contribution in [2.75, 3.05) is 6.54 Å². The van der Waals surface area contributed by atoms with E-state index in [1.165, 1.54) is 6.07 Å². The summed E-state index contributed by atoms with van der Waals surface area (Å²) < 4.78 is 13.9. The van der Waals surface area contributed by atoms with Gasteiger partial charge in [0.05, 0.1) is 5.56 Å². The third kappa shape index (κ3) is 3.49. The quantitative estimate of drug-likeness (QED) is 0.882. The Kier molecular flexibility index (Phi) is 5.96. The zero-order valence-electron chi connectivity index (χ0n) is 12.1. The first-order valence-corrected chi connectivity index (χ1v) is 6.80. The Balaban J connectivity index is 0.00000200. The normalized spacial score (nSPS) is 25.7. The lowest BCUT2D eigenvalue weighted by atomic mass is 9.89. The number of nitrogens with one attached hydrogen (secondary N) is 2. The molecule has 0 radical (unpaired) electrons. The molecule has 1 aliphatic heterocycles. The number of carbonyl (C=O) groups excluding carboxylic acids is 1. The average molecular weight is 301 g/mol. The van der Waals surface area contributed by atoms with Gasteiger partial charge in [-0.3, -0.25) is 4.79 Å². The maximum absolute atomic E-state index is 13.9. The predicted molar refractivity (Wildman–Crippen MR) is 80.9 cm³/mol. The van der Waals surface area contributed by atoms with Gasteiger partial charge in [0, 0.05) is 12.1 Å². The van der Waals surface area contributed by atoms with E-state index in [1.807, 2.05) is 6.92 Å². The monoisotopic (exact) mass is 300 g/mol. The highest BCUT2D eigenvalue weighted by Crippen LogP contribution is 2.18. The van der Waals surface area contributed by atoms with Crippen molar-refractivity contribution in [1.82, 2.24) is 10.6 Å². The first-order valence-electron chi connectivity index (χ1n) is 6.80. The van der Waals surface area contributed by atoms with E-state index in [9.17, 15) is 9.18 Å². The Hall–Kier alpha value is -1.13. The molecule has 3 nitrogen and oxygen atoms in total. The van der Waals surface area contributed by atoms with Gasteiger partial charge in [-0.25, -0.2) is 4.39 Å². The second-order valence-electron chi connectivity index (χ2n) is 5.44. The van der Waals surface area contributed by atoms with Crippen LogP contribution in [0.25, 0.3) is 0 Å². The summed E-state index contributed by atoms with van der Waals surface area (Å²) in [5, 5.41) is 6.30. The van der Waals surface area contributed by atoms with Crippen LogP contribution in [0.2, 0.25) is 0 Å². The molecule has 112 valence electrons. The van der Waals surface area contributed by atoms with Gasteiger partial charge < -0.3 is 10.6 Å². The van der Waals surface area contributed by atoms with Gasteiger partial charge >= 0.3 is 0 Å². The Bertz CT molecular complexity index is 471. The number of carbonyl (C=O) groups is 1. The lowest BCUT2D eigenvalue weighted by Gasteiger charge is -2.36. The Labute approximate surface area is 125 Å². The van der Waals surface area contributed by atoms with Crippen LogP contribution in [0.4, 0.5) is 4.39 Å². The summed E-state index contributed by atoms with van der Waals surface area (Å²) in [6, 6.07) is 5.16. The molecule has 3 atom stereocenters. The number of amides is 1. The van der Waals surface area contributed by atoms with Crippen LogP contribution >= 0.6 is 12.4 Å². The van der Waals surface area contributed by atoms with Gasteiger partial charge in [-0.1, -0.05) is 19.1 Å². The van der Waals surface area contributed by atoms with E-state index in [4.69, 9.17) is 0 Å². The first-order chi connectivity index (χ1) is 9.00. The second-order valence-corrected chi connectivity index (χ2v) is 5.44. The van der Waals surface area contributed by atoms with E-state index < -0.39 is 5.82 Å². The fourth-order valence-electron chi connectivity index (χ4n) is 2.66. The summed E-state index contributed by atoms with van der Waals surface area (Å²) in [6.07, 6.45) is 1.02. The Morgan fingerprint density at radius 1 is 1.40 bits per heavy atom. The zero-order chi connectivity index (χ0) is 14.0. The fraction of sp³-hybridized carbons (Fsp3) is 0.533. The first kappa shape index (κ1) is 16.9. The molecular formula is C15H22ClFN2O. The van der Waals surface area contributed by atoms with Crippen molar-refractivity contribution in [1.29, 1.82) is 0 Å². The van der Waals surface area contributed by atoms with Crippen molar-refractivity contribution in [3.05, 3.63) is 35.1 Å². The number of benzene rings is 1. The van der Waals surface area contributed by atoms with Crippen LogP contribution in [0, 0.1) is 18.7 Å². The molecule has 3 unspecified atom stereocenters. The second kappa shape index (κ2) is 7.04. The van der Waals surface area contributed by atoms with Crippen molar-refractivity contribution in [2.45, 2.75) is 39.3 Å². The van der Waals surface area contributed by atoms with Gasteiger partial charge in [0.2, 0.25) is 0 Å². The molecule has 1 aromatic rings. The number of piperidine rings is 1. The van der Waals surface area contributed by atoms with E-state index in [0.29, 0.717) is 11.5 Å². The molecule has 5 heteroatoms. The van der Waals surface area contributed by atoms with Gasteiger partial charge in [-0.15, -0.1) is 12.4 Å². The minimum absolute atomic E-state index is 0. The van der Waals surface area contributed by atoms with E-state index in [-0.39, 0.29) is 36.0 Å². The molecule has 1 amide bonds. The third-order valence-electron chi connectivity index (χ3n) is 3.95. The zero-order valence-corrected chi connectivity index (χ0v) is 12.9. The molecule has 0 aromatic heterocycles. The molecular weight excluding hydrogens is 279 g/mol. The molecule has 1 saturated heterocycles. The van der Waals surface area contributed by atoms with E-state index in [0.717, 1.165) is 13.0 Å². The van der Waals surface area contributed by atoms with Crippen LogP contribution in [-0.4, -0.2) is 24.5 Å². The molecule has 1 heterocycles. The number of hydrogen-bond acceptors (Lipinski definition) is 2. The summed E-state index contributed by atoms with van der Waals surface area (Å²) in [5.74, 6) is -0.356. The smallest absolute Gasteiger partial charge is 0.254 e. The third-order valence-corrected chi connectivity index (χ3v) is 3.95. The summed E-state index contributed by atoms with van der Waals surface area (Å²) in [6.45, 7) is 6.80. The molecule has 0 bridgehead atoms. The molecule has 2 N–H and O–H groups in total. The van der Waals surface area contributed by atoms with Crippen molar-refractivity contribution >= 4 is 18.3 Å². The van der Waals surface area contributed by atoms with E-state index in [1.54, 1.807) is 19.1 Å². The maximum atomic E-state index is 13.9. The number of aryl methyl sites for hydroxylation is 1. The van der Waals surface area contributed by atoms with E-state index in [2.05, 4.69) is 17.6 Å². The summed E-state index contributed by atoms with van der Waals surface area (Å²) in [4.78, 5) is 12.2. The standard InChI is InChI=1S/C15H21FN2O.ClH/c1-9-5-4-6-12(13(9)16)15(19)18-14-10(2)7-8-17-11(14)3;/h4-6,10-11,14,17H,7-8H2,1-3H3,(H,18,19);1H. The molecule has 0 spiro atoms. The lowest BCUT2D eigenvalue weighted by Crippen LogP contribution is -2.56. The Morgan fingerprint density at radius 2 is 2.10 bits per heavy atom. The van der Waals surface area contributed by atoms with Gasteiger partial charge in [0.15, 0.2) is 0 Å². The predicted octanol–water partition coefficient (Wildman–Crippen LogP) is 2.67. The molecule has 20 heavy (non-hydrogen) atoms. The minimum Gasteiger partial charge on any atom is -0.347 e. The lowest BCUT2D eigenvalue weighted by molar-refractivity contribution is 0.0893. The van der Waals surface area contributed by atoms with Crippen molar-refractivity contribution in [3.8, 4) is 0 Å². The SMILES string of the molecule is Cc1cccc(C(=O)NC2C(C)CCNC2C)c1F.Cl. The van der Waals surface area contributed by atoms with Crippen LogP contribution in [0.15, 0.2) is 18.2 Å². The van der Waals surface area contributed by atoms with Crippen LogP contribution in [0.5, 0.6) is 0 Å². The highest BCUT2D eigenvalue weighted by atomic mass is 35.5. The molecule has 1 fully saturated rings. The topological polar surface area (TPSA) is 41.1 Å². The van der Waals surface area contributed by atoms with Gasteiger partial charge in [-0.2, -0.15) is 0 Å². The van der Waals surface area contributed by atoms with Gasteiger partial charge in [-0.05, 0) is 44.4 Å². The van der Waals surface area contributed by atoms with Crippen molar-refractivity contribution < 1.29 is 9.18 Å². The Morgan fingerprint density at radius 3 is 2.75 bits per heavy atom. The minimum atomic E-state index is -0.427. The molecule has 1 aliphatic rings. The van der Waals surface area contributed by atoms with Crippen molar-refractivity contribution in [3.63, 3.8) is 0 Å². The molecule has 1 aromatic carbocycles. The van der Waals surface area contributed by atoms with Gasteiger partial charge in [0.1, 0.15) is 5.82 Å². The van der Waals surface area contributed by atoms with Crippen LogP contribution in [0.1, 0.15) is 36.2 Å². The number of rotatable bonds is 2. The van der Waals surface area contributed by atoms with Crippen LogP contribution in [0.3, 0.4) is 0 Å². The van der Waals surface area contributed by atoms with Gasteiger partial charge in [0.25, 0.3) is 5.91 Å². The summed E-state index contributed by atoms with van der Waals surface area (Å²) in [5.41, 5.74) is 0.625. The highest BCUT2D eigenvalue weighted by molar-refractivity contribution is 5.94. The highest BCUT2D eigenvalue weighted by Gasteiger charge is 2.29. The number of hydrogen-bond donors (Lipinski definition) is 2. The van der Waals surface area contributed by atoms with Crippen molar-refractivity contribution in [2.24, 2.45) is 5.92 Å². The van der Waals surface area contributed by atoms with E-state index >= 15 is 0 Å². The summed E-state index contributed by atoms with van der Waals surface area (Å²) in [7, 11) is 0. The average Bonchev–Trinajstić information content (AvgIpc) is 2.37. The largest absolute Gasteiger partial charge is 0.347 e. The molecule has 0 aliphatic carbocycles. The molecule has 0 saturated carbocycles. The maximum Gasteiger partial charge on any atom is 0.254 e.